The number of aryl methyl sites for hydroxylation is 1. The van der Waals surface area contributed by atoms with Crippen LogP contribution in [0.1, 0.15) is 25.1 Å². The number of anilines is 1. The van der Waals surface area contributed by atoms with Gasteiger partial charge < -0.3 is 5.32 Å². The zero-order valence-electron chi connectivity index (χ0n) is 8.38. The molecule has 0 fully saturated rings. The van der Waals surface area contributed by atoms with Gasteiger partial charge in [-0.1, -0.05) is 13.8 Å². The number of carbonyl (C=O) groups excluding carboxylic acids is 1. The van der Waals surface area contributed by atoms with Gasteiger partial charge in [0.2, 0.25) is 5.91 Å². The van der Waals surface area contributed by atoms with Crippen LogP contribution in [-0.4, -0.2) is 16.1 Å². The summed E-state index contributed by atoms with van der Waals surface area (Å²) in [5.74, 6) is 0.0373. The van der Waals surface area contributed by atoms with Crippen LogP contribution >= 0.6 is 0 Å². The summed E-state index contributed by atoms with van der Waals surface area (Å²) < 4.78 is 0. The first kappa shape index (κ1) is 10.3. The zero-order chi connectivity index (χ0) is 10.7. The Morgan fingerprint density at radius 2 is 2.29 bits per heavy atom. The summed E-state index contributed by atoms with van der Waals surface area (Å²) in [5, 5.41) is 17.8. The Bertz CT molecular complexity index is 386. The molecule has 0 unspecified atom stereocenters. The van der Waals surface area contributed by atoms with Crippen LogP contribution in [0.15, 0.2) is 0 Å². The third-order valence-corrected chi connectivity index (χ3v) is 1.82. The zero-order valence-corrected chi connectivity index (χ0v) is 8.38. The van der Waals surface area contributed by atoms with Crippen molar-refractivity contribution in [2.24, 2.45) is 5.92 Å². The maximum Gasteiger partial charge on any atom is 0.228 e. The van der Waals surface area contributed by atoms with Crippen molar-refractivity contribution >= 4 is 11.7 Å². The minimum absolute atomic E-state index is 0.126. The van der Waals surface area contributed by atoms with Gasteiger partial charge in [0.25, 0.3) is 0 Å². The molecule has 14 heavy (non-hydrogen) atoms. The predicted molar refractivity (Wildman–Crippen MR) is 51.5 cm³/mol. The molecule has 1 amide bonds. The third kappa shape index (κ3) is 1.91. The molecule has 1 aromatic rings. The van der Waals surface area contributed by atoms with Crippen LogP contribution in [-0.2, 0) is 4.79 Å². The van der Waals surface area contributed by atoms with Gasteiger partial charge in [0.05, 0.1) is 5.69 Å². The molecule has 1 heterocycles. The number of nitriles is 1. The summed E-state index contributed by atoms with van der Waals surface area (Å²) in [6.45, 7) is 5.29. The summed E-state index contributed by atoms with van der Waals surface area (Å²) in [7, 11) is 0. The van der Waals surface area contributed by atoms with Crippen molar-refractivity contribution in [2.75, 3.05) is 5.32 Å². The fourth-order valence-electron chi connectivity index (χ4n) is 0.917. The lowest BCUT2D eigenvalue weighted by Gasteiger charge is -2.04. The van der Waals surface area contributed by atoms with Crippen molar-refractivity contribution in [2.45, 2.75) is 20.8 Å². The van der Waals surface area contributed by atoms with Crippen LogP contribution in [0.5, 0.6) is 0 Å². The molecule has 0 saturated heterocycles. The average Bonchev–Trinajstić information content (AvgIpc) is 2.46. The largest absolute Gasteiger partial charge is 0.308 e. The smallest absolute Gasteiger partial charge is 0.228 e. The van der Waals surface area contributed by atoms with Crippen LogP contribution in [0.25, 0.3) is 0 Å². The normalized spacial score (nSPS) is 9.93. The summed E-state index contributed by atoms with van der Waals surface area (Å²) >= 11 is 0. The highest BCUT2D eigenvalue weighted by Crippen LogP contribution is 2.14. The molecule has 0 saturated carbocycles. The number of nitrogens with zero attached hydrogens (tertiary/aromatic N) is 2. The van der Waals surface area contributed by atoms with Gasteiger partial charge in [-0.25, -0.2) is 0 Å². The number of nitrogens with one attached hydrogen (secondary N) is 2. The van der Waals surface area contributed by atoms with Crippen molar-refractivity contribution < 1.29 is 4.79 Å². The van der Waals surface area contributed by atoms with Gasteiger partial charge in [-0.05, 0) is 6.92 Å². The monoisotopic (exact) mass is 192 g/mol. The molecular weight excluding hydrogens is 180 g/mol. The van der Waals surface area contributed by atoms with Crippen LogP contribution in [0.3, 0.4) is 0 Å². The van der Waals surface area contributed by atoms with Gasteiger partial charge in [0, 0.05) is 5.92 Å². The highest BCUT2D eigenvalue weighted by Gasteiger charge is 2.14. The highest BCUT2D eigenvalue weighted by molar-refractivity contribution is 5.92. The molecule has 0 bridgehead atoms. The van der Waals surface area contributed by atoms with E-state index in [9.17, 15) is 4.79 Å². The van der Waals surface area contributed by atoms with E-state index in [0.29, 0.717) is 17.1 Å². The number of hydrogen-bond acceptors (Lipinski definition) is 3. The first-order chi connectivity index (χ1) is 6.56. The topological polar surface area (TPSA) is 81.6 Å². The van der Waals surface area contributed by atoms with Crippen molar-refractivity contribution in [3.8, 4) is 6.07 Å². The molecule has 74 valence electrons. The lowest BCUT2D eigenvalue weighted by Crippen LogP contribution is -2.18. The first-order valence-electron chi connectivity index (χ1n) is 4.32. The number of amides is 1. The van der Waals surface area contributed by atoms with E-state index in [0.717, 1.165) is 0 Å². The van der Waals surface area contributed by atoms with Crippen LogP contribution in [0.4, 0.5) is 5.82 Å². The van der Waals surface area contributed by atoms with Gasteiger partial charge in [-0.15, -0.1) is 0 Å². The number of aromatic nitrogens is 2. The summed E-state index contributed by atoms with van der Waals surface area (Å²) in [4.78, 5) is 11.3. The van der Waals surface area contributed by atoms with E-state index in [-0.39, 0.29) is 11.8 Å². The van der Waals surface area contributed by atoms with Gasteiger partial charge in [0.15, 0.2) is 5.82 Å². The molecule has 1 aromatic heterocycles. The fourth-order valence-corrected chi connectivity index (χ4v) is 0.917. The molecule has 5 heteroatoms. The Morgan fingerprint density at radius 1 is 1.64 bits per heavy atom. The molecule has 0 radical (unpaired) electrons. The quantitative estimate of drug-likeness (QED) is 0.738. The molecule has 0 aliphatic rings. The molecule has 0 aliphatic carbocycles. The SMILES string of the molecule is Cc1[nH]nc(NC(=O)C(C)C)c1C#N. The van der Waals surface area contributed by atoms with Gasteiger partial charge in [0.1, 0.15) is 11.6 Å². The molecule has 2 N–H and O–H groups in total. The van der Waals surface area contributed by atoms with Gasteiger partial charge in [-0.3, -0.25) is 9.89 Å². The molecule has 1 rings (SSSR count). The van der Waals surface area contributed by atoms with E-state index >= 15 is 0 Å². The van der Waals surface area contributed by atoms with E-state index in [1.807, 2.05) is 6.07 Å². The molecular formula is C9H12N4O. The lowest BCUT2D eigenvalue weighted by atomic mass is 10.2. The second-order valence-corrected chi connectivity index (χ2v) is 3.33. The number of H-pyrrole nitrogens is 1. The van der Waals surface area contributed by atoms with Crippen molar-refractivity contribution in [3.05, 3.63) is 11.3 Å². The average molecular weight is 192 g/mol. The van der Waals surface area contributed by atoms with Crippen LogP contribution in [0, 0.1) is 24.2 Å². The Kier molecular flexibility index (Phi) is 2.87. The van der Waals surface area contributed by atoms with Crippen LogP contribution < -0.4 is 5.32 Å². The second kappa shape index (κ2) is 3.92. The molecule has 0 spiro atoms. The molecule has 0 aliphatic heterocycles. The summed E-state index contributed by atoms with van der Waals surface area (Å²) in [5.41, 5.74) is 1.05. The van der Waals surface area contributed by atoms with Crippen molar-refractivity contribution in [1.29, 1.82) is 5.26 Å². The minimum atomic E-state index is -0.145. The van der Waals surface area contributed by atoms with E-state index in [1.54, 1.807) is 20.8 Å². The predicted octanol–water partition coefficient (Wildman–Crippen LogP) is 1.18. The first-order valence-corrected chi connectivity index (χ1v) is 4.32. The van der Waals surface area contributed by atoms with E-state index in [4.69, 9.17) is 5.26 Å². The Hall–Kier alpha value is -1.83. The van der Waals surface area contributed by atoms with Crippen molar-refractivity contribution in [1.82, 2.24) is 10.2 Å². The molecule has 0 aromatic carbocycles. The summed E-state index contributed by atoms with van der Waals surface area (Å²) in [6, 6.07) is 1.98. The second-order valence-electron chi connectivity index (χ2n) is 3.33. The maximum absolute atomic E-state index is 11.3. The molecule has 5 nitrogen and oxygen atoms in total. The number of carbonyl (C=O) groups is 1. The Balaban J connectivity index is 2.88. The summed E-state index contributed by atoms with van der Waals surface area (Å²) in [6.07, 6.45) is 0. The fraction of sp³-hybridized carbons (Fsp3) is 0.444. The maximum atomic E-state index is 11.3. The van der Waals surface area contributed by atoms with E-state index in [2.05, 4.69) is 15.5 Å². The highest BCUT2D eigenvalue weighted by atomic mass is 16.1. The van der Waals surface area contributed by atoms with Gasteiger partial charge >= 0.3 is 0 Å². The third-order valence-electron chi connectivity index (χ3n) is 1.82. The Labute approximate surface area is 82.1 Å². The number of hydrogen-bond donors (Lipinski definition) is 2. The van der Waals surface area contributed by atoms with Gasteiger partial charge in [-0.2, -0.15) is 10.4 Å². The van der Waals surface area contributed by atoms with Crippen LogP contribution in [0.2, 0.25) is 0 Å². The standard InChI is InChI=1S/C9H12N4O/c1-5(2)9(14)11-8-7(4-10)6(3)12-13-8/h5H,1-3H3,(H2,11,12,13,14). The van der Waals surface area contributed by atoms with Crippen molar-refractivity contribution in [3.63, 3.8) is 0 Å². The molecule has 0 atom stereocenters. The minimum Gasteiger partial charge on any atom is -0.308 e. The Morgan fingerprint density at radius 3 is 2.79 bits per heavy atom. The number of rotatable bonds is 2. The lowest BCUT2D eigenvalue weighted by molar-refractivity contribution is -0.118. The number of aromatic amines is 1. The van der Waals surface area contributed by atoms with E-state index < -0.39 is 0 Å². The van der Waals surface area contributed by atoms with E-state index in [1.165, 1.54) is 0 Å².